The van der Waals surface area contributed by atoms with E-state index in [2.05, 4.69) is 22.3 Å². The maximum Gasteiger partial charge on any atom is 0.240 e. The Balaban J connectivity index is 2.09. The number of nitrogens with two attached hydrogens (primary N) is 1. The smallest absolute Gasteiger partial charge is 0.240 e. The van der Waals surface area contributed by atoms with Gasteiger partial charge in [-0.2, -0.15) is 4.98 Å². The van der Waals surface area contributed by atoms with Crippen molar-refractivity contribution in [3.63, 3.8) is 0 Å². The molecule has 1 aromatic rings. The molecule has 2 atom stereocenters. The molecule has 0 saturated heterocycles. The number of aryl methyl sites for hydroxylation is 1. The molecule has 1 aliphatic rings. The third-order valence-corrected chi connectivity index (χ3v) is 3.26. The second-order valence-electron chi connectivity index (χ2n) is 4.73. The number of nitrogen functional groups attached to an aromatic ring is 1. The van der Waals surface area contributed by atoms with E-state index in [9.17, 15) is 0 Å². The molecule has 1 aliphatic carbocycles. The Morgan fingerprint density at radius 1 is 1.35 bits per heavy atom. The second-order valence-corrected chi connectivity index (χ2v) is 4.73. The van der Waals surface area contributed by atoms with Crippen LogP contribution in [-0.2, 0) is 0 Å². The number of rotatable bonds is 3. The minimum atomic E-state index is 0.267. The highest BCUT2D eigenvalue weighted by atomic mass is 16.5. The maximum atomic E-state index is 5.94. The fourth-order valence-corrected chi connectivity index (χ4v) is 2.28. The molecule has 0 aromatic carbocycles. The first-order valence-electron chi connectivity index (χ1n) is 6.18. The average Bonchev–Trinajstić information content (AvgIpc) is 2.31. The summed E-state index contributed by atoms with van der Waals surface area (Å²) in [6, 6.07) is 1.85. The van der Waals surface area contributed by atoms with Crippen LogP contribution in [0, 0.1) is 12.8 Å². The van der Waals surface area contributed by atoms with E-state index in [-0.39, 0.29) is 6.10 Å². The number of anilines is 1. The lowest BCUT2D eigenvalue weighted by atomic mass is 9.88. The molecule has 5 nitrogen and oxygen atoms in total. The molecule has 2 unspecified atom stereocenters. The molecule has 0 amide bonds. The van der Waals surface area contributed by atoms with Gasteiger partial charge in [-0.3, -0.25) is 5.43 Å². The third-order valence-electron chi connectivity index (χ3n) is 3.26. The van der Waals surface area contributed by atoms with Crippen molar-refractivity contribution in [1.82, 2.24) is 9.97 Å². The number of ether oxygens (including phenoxy) is 1. The zero-order chi connectivity index (χ0) is 12.3. The summed E-state index contributed by atoms with van der Waals surface area (Å²) in [6.45, 7) is 4.14. The molecule has 0 radical (unpaired) electrons. The van der Waals surface area contributed by atoms with Crippen molar-refractivity contribution in [2.75, 3.05) is 5.43 Å². The number of nitrogens with one attached hydrogen (secondary N) is 1. The minimum Gasteiger partial charge on any atom is -0.474 e. The Morgan fingerprint density at radius 3 is 2.82 bits per heavy atom. The third kappa shape index (κ3) is 3.06. The fourth-order valence-electron chi connectivity index (χ4n) is 2.28. The van der Waals surface area contributed by atoms with Crippen molar-refractivity contribution >= 4 is 5.95 Å². The molecule has 17 heavy (non-hydrogen) atoms. The lowest BCUT2D eigenvalue weighted by molar-refractivity contribution is 0.0975. The Kier molecular flexibility index (Phi) is 3.78. The predicted octanol–water partition coefficient (Wildman–Crippen LogP) is 2.03. The topological polar surface area (TPSA) is 73.1 Å². The van der Waals surface area contributed by atoms with Gasteiger partial charge < -0.3 is 4.74 Å². The van der Waals surface area contributed by atoms with Gasteiger partial charge in [-0.15, -0.1) is 0 Å². The van der Waals surface area contributed by atoms with Gasteiger partial charge in [0.05, 0.1) is 0 Å². The fraction of sp³-hybridized carbons (Fsp3) is 0.667. The van der Waals surface area contributed by atoms with Gasteiger partial charge in [0.15, 0.2) is 0 Å². The van der Waals surface area contributed by atoms with Gasteiger partial charge in [-0.25, -0.2) is 10.8 Å². The normalized spacial score (nSPS) is 24.4. The number of hydrogen-bond acceptors (Lipinski definition) is 5. The van der Waals surface area contributed by atoms with Crippen LogP contribution in [0.1, 0.15) is 38.3 Å². The van der Waals surface area contributed by atoms with Crippen molar-refractivity contribution in [3.05, 3.63) is 11.8 Å². The Morgan fingerprint density at radius 2 is 2.12 bits per heavy atom. The first-order valence-corrected chi connectivity index (χ1v) is 6.18. The van der Waals surface area contributed by atoms with Gasteiger partial charge in [0.2, 0.25) is 11.8 Å². The van der Waals surface area contributed by atoms with Crippen molar-refractivity contribution in [2.24, 2.45) is 11.8 Å². The lowest BCUT2D eigenvalue weighted by Gasteiger charge is -2.28. The van der Waals surface area contributed by atoms with Gasteiger partial charge >= 0.3 is 0 Å². The molecule has 1 heterocycles. The monoisotopic (exact) mass is 236 g/mol. The SMILES string of the molecule is Cc1cc(OC2CCCCC2C)nc(NN)n1. The van der Waals surface area contributed by atoms with Gasteiger partial charge in [0.25, 0.3) is 0 Å². The summed E-state index contributed by atoms with van der Waals surface area (Å²) in [5.74, 6) is 6.93. The molecular formula is C12H20N4O. The van der Waals surface area contributed by atoms with Gasteiger partial charge in [-0.05, 0) is 32.1 Å². The van der Waals surface area contributed by atoms with E-state index < -0.39 is 0 Å². The zero-order valence-corrected chi connectivity index (χ0v) is 10.4. The molecule has 1 fully saturated rings. The Labute approximate surface area is 102 Å². The molecule has 1 saturated carbocycles. The molecule has 1 aromatic heterocycles. The van der Waals surface area contributed by atoms with Gasteiger partial charge in [0, 0.05) is 11.8 Å². The summed E-state index contributed by atoms with van der Waals surface area (Å²) in [5.41, 5.74) is 3.31. The van der Waals surface area contributed by atoms with E-state index in [1.54, 1.807) is 0 Å². The number of aromatic nitrogens is 2. The minimum absolute atomic E-state index is 0.267. The largest absolute Gasteiger partial charge is 0.474 e. The number of nitrogens with zero attached hydrogens (tertiary/aromatic N) is 2. The van der Waals surface area contributed by atoms with Crippen LogP contribution in [0.5, 0.6) is 5.88 Å². The number of hydrogen-bond donors (Lipinski definition) is 2. The van der Waals surface area contributed by atoms with E-state index in [4.69, 9.17) is 10.6 Å². The van der Waals surface area contributed by atoms with Crippen LogP contribution < -0.4 is 16.0 Å². The van der Waals surface area contributed by atoms with Crippen LogP contribution in [0.4, 0.5) is 5.95 Å². The molecule has 0 aliphatic heterocycles. The average molecular weight is 236 g/mol. The van der Waals surface area contributed by atoms with Crippen molar-refractivity contribution < 1.29 is 4.74 Å². The van der Waals surface area contributed by atoms with Crippen LogP contribution >= 0.6 is 0 Å². The number of hydrazine groups is 1. The van der Waals surface area contributed by atoms with E-state index >= 15 is 0 Å². The quantitative estimate of drug-likeness (QED) is 0.620. The first-order chi connectivity index (χ1) is 8.19. The lowest BCUT2D eigenvalue weighted by Crippen LogP contribution is -2.28. The maximum absolute atomic E-state index is 5.94. The second kappa shape index (κ2) is 5.31. The standard InChI is InChI=1S/C12H20N4O/c1-8-5-3-4-6-10(8)17-11-7-9(2)14-12(15-11)16-13/h7-8,10H,3-6,13H2,1-2H3,(H,14,15,16). The van der Waals surface area contributed by atoms with Crippen LogP contribution in [0.15, 0.2) is 6.07 Å². The Hall–Kier alpha value is -1.36. The molecule has 5 heteroatoms. The van der Waals surface area contributed by atoms with Crippen molar-refractivity contribution in [1.29, 1.82) is 0 Å². The molecule has 3 N–H and O–H groups in total. The van der Waals surface area contributed by atoms with Crippen LogP contribution in [0.3, 0.4) is 0 Å². The molecule has 0 spiro atoms. The summed E-state index contributed by atoms with van der Waals surface area (Å²) in [4.78, 5) is 8.35. The summed E-state index contributed by atoms with van der Waals surface area (Å²) >= 11 is 0. The molecule has 2 rings (SSSR count). The van der Waals surface area contributed by atoms with Crippen molar-refractivity contribution in [2.45, 2.75) is 45.6 Å². The first kappa shape index (κ1) is 12.1. The highest BCUT2D eigenvalue weighted by molar-refractivity contribution is 5.29. The highest BCUT2D eigenvalue weighted by Crippen LogP contribution is 2.27. The summed E-state index contributed by atoms with van der Waals surface area (Å²) in [5, 5.41) is 0. The van der Waals surface area contributed by atoms with Gasteiger partial charge in [-0.1, -0.05) is 13.3 Å². The zero-order valence-electron chi connectivity index (χ0n) is 10.4. The molecular weight excluding hydrogens is 216 g/mol. The molecule has 94 valence electrons. The predicted molar refractivity (Wildman–Crippen MR) is 66.6 cm³/mol. The van der Waals surface area contributed by atoms with E-state index in [1.807, 2.05) is 13.0 Å². The van der Waals surface area contributed by atoms with Crippen LogP contribution in [-0.4, -0.2) is 16.1 Å². The van der Waals surface area contributed by atoms with Crippen molar-refractivity contribution in [3.8, 4) is 5.88 Å². The highest BCUT2D eigenvalue weighted by Gasteiger charge is 2.23. The summed E-state index contributed by atoms with van der Waals surface area (Å²) in [7, 11) is 0. The van der Waals surface area contributed by atoms with E-state index in [0.717, 1.165) is 12.1 Å². The Bertz CT molecular complexity index is 383. The van der Waals surface area contributed by atoms with Crippen LogP contribution in [0.2, 0.25) is 0 Å². The summed E-state index contributed by atoms with van der Waals surface area (Å²) < 4.78 is 5.94. The summed E-state index contributed by atoms with van der Waals surface area (Å²) in [6.07, 6.45) is 5.15. The van der Waals surface area contributed by atoms with Crippen LogP contribution in [0.25, 0.3) is 0 Å². The molecule has 0 bridgehead atoms. The van der Waals surface area contributed by atoms with E-state index in [0.29, 0.717) is 17.7 Å². The van der Waals surface area contributed by atoms with Gasteiger partial charge in [0.1, 0.15) is 6.10 Å². The van der Waals surface area contributed by atoms with E-state index in [1.165, 1.54) is 19.3 Å².